The molecule has 80 valence electrons. The average Bonchev–Trinajstić information content (AvgIpc) is 2.53. The van der Waals surface area contributed by atoms with Crippen molar-refractivity contribution in [1.82, 2.24) is 19.6 Å². The first-order valence-corrected chi connectivity index (χ1v) is 4.66. The van der Waals surface area contributed by atoms with Gasteiger partial charge in [0.2, 0.25) is 5.95 Å². The normalized spacial score (nSPS) is 11.0. The van der Waals surface area contributed by atoms with Gasteiger partial charge in [-0.2, -0.15) is 14.5 Å². The standard InChI is InChI=1S/C8H12N6O/c1-2-3-4-5(9)11-8-12-7(10)13-14(8)6(4)15/h2-3,9H2,1H3,(H3,10,11,12,13). The van der Waals surface area contributed by atoms with Crippen molar-refractivity contribution in [2.75, 3.05) is 11.5 Å². The monoisotopic (exact) mass is 208 g/mol. The van der Waals surface area contributed by atoms with Crippen LogP contribution in [0.3, 0.4) is 0 Å². The summed E-state index contributed by atoms with van der Waals surface area (Å²) < 4.78 is 1.21. The Balaban J connectivity index is 2.77. The number of hydrogen-bond donors (Lipinski definition) is 3. The zero-order chi connectivity index (χ0) is 11.0. The van der Waals surface area contributed by atoms with Crippen molar-refractivity contribution in [3.63, 3.8) is 0 Å². The molecule has 0 atom stereocenters. The molecule has 2 aromatic rings. The lowest BCUT2D eigenvalue weighted by atomic mass is 10.2. The molecule has 2 heterocycles. The Hall–Kier alpha value is -2.05. The molecule has 0 aliphatic heterocycles. The number of hydrogen-bond acceptors (Lipinski definition) is 5. The average molecular weight is 208 g/mol. The summed E-state index contributed by atoms with van der Waals surface area (Å²) in [6.07, 6.45) is 1.43. The number of nitrogens with zero attached hydrogens (tertiary/aromatic N) is 3. The van der Waals surface area contributed by atoms with Gasteiger partial charge in [-0.15, -0.1) is 0 Å². The lowest BCUT2D eigenvalue weighted by Gasteiger charge is -2.01. The van der Waals surface area contributed by atoms with E-state index >= 15 is 0 Å². The van der Waals surface area contributed by atoms with Gasteiger partial charge in [-0.1, -0.05) is 13.3 Å². The largest absolute Gasteiger partial charge is 0.383 e. The summed E-state index contributed by atoms with van der Waals surface area (Å²) in [5.41, 5.74) is 11.4. The first kappa shape index (κ1) is 9.50. The first-order valence-electron chi connectivity index (χ1n) is 4.66. The fraction of sp³-hybridized carbons (Fsp3) is 0.375. The fourth-order valence-electron chi connectivity index (χ4n) is 1.47. The molecule has 7 nitrogen and oxygen atoms in total. The van der Waals surface area contributed by atoms with Crippen molar-refractivity contribution in [2.45, 2.75) is 19.8 Å². The van der Waals surface area contributed by atoms with Crippen molar-refractivity contribution in [3.8, 4) is 0 Å². The number of nitrogens with one attached hydrogen (secondary N) is 1. The highest BCUT2D eigenvalue weighted by molar-refractivity contribution is 5.46. The van der Waals surface area contributed by atoms with E-state index in [4.69, 9.17) is 11.5 Å². The molecule has 0 amide bonds. The van der Waals surface area contributed by atoms with Gasteiger partial charge < -0.3 is 11.5 Å². The molecule has 0 radical (unpaired) electrons. The minimum atomic E-state index is -0.233. The number of anilines is 2. The number of fused-ring (bicyclic) bond motifs is 1. The van der Waals surface area contributed by atoms with Crippen LogP contribution < -0.4 is 17.0 Å². The van der Waals surface area contributed by atoms with E-state index in [1.54, 1.807) is 0 Å². The Kier molecular flexibility index (Phi) is 2.07. The third-order valence-corrected chi connectivity index (χ3v) is 2.14. The van der Waals surface area contributed by atoms with Gasteiger partial charge >= 0.3 is 0 Å². The van der Waals surface area contributed by atoms with E-state index in [9.17, 15) is 4.79 Å². The molecule has 15 heavy (non-hydrogen) atoms. The van der Waals surface area contributed by atoms with Crippen LogP contribution in [0.2, 0.25) is 0 Å². The summed E-state index contributed by atoms with van der Waals surface area (Å²) in [6, 6.07) is 0. The summed E-state index contributed by atoms with van der Waals surface area (Å²) >= 11 is 0. The minimum Gasteiger partial charge on any atom is -0.383 e. The number of aromatic nitrogens is 4. The van der Waals surface area contributed by atoms with E-state index in [2.05, 4.69) is 15.1 Å². The lowest BCUT2D eigenvalue weighted by Crippen LogP contribution is -2.22. The Morgan fingerprint density at radius 1 is 1.40 bits per heavy atom. The highest BCUT2D eigenvalue weighted by Gasteiger charge is 2.11. The number of aromatic amines is 1. The molecule has 0 spiro atoms. The van der Waals surface area contributed by atoms with Crippen LogP contribution in [0.5, 0.6) is 0 Å². The zero-order valence-corrected chi connectivity index (χ0v) is 8.32. The lowest BCUT2D eigenvalue weighted by molar-refractivity contribution is 0.838. The maximum absolute atomic E-state index is 11.9. The second kappa shape index (κ2) is 3.26. The molecule has 0 unspecified atom stereocenters. The topological polar surface area (TPSA) is 115 Å². The molecule has 2 rings (SSSR count). The Morgan fingerprint density at radius 3 is 2.80 bits per heavy atom. The molecule has 5 N–H and O–H groups in total. The highest BCUT2D eigenvalue weighted by Crippen LogP contribution is 2.07. The van der Waals surface area contributed by atoms with E-state index in [1.807, 2.05) is 6.92 Å². The Labute approximate surface area is 85.1 Å². The van der Waals surface area contributed by atoms with E-state index in [0.717, 1.165) is 6.42 Å². The van der Waals surface area contributed by atoms with Gasteiger partial charge in [-0.3, -0.25) is 9.89 Å². The van der Waals surface area contributed by atoms with Crippen molar-refractivity contribution in [3.05, 3.63) is 15.9 Å². The maximum Gasteiger partial charge on any atom is 0.279 e. The molecule has 0 aromatic carbocycles. The van der Waals surface area contributed by atoms with Gasteiger partial charge in [0.1, 0.15) is 5.82 Å². The van der Waals surface area contributed by atoms with Crippen molar-refractivity contribution >= 4 is 17.5 Å². The fourth-order valence-corrected chi connectivity index (χ4v) is 1.47. The molecular weight excluding hydrogens is 196 g/mol. The van der Waals surface area contributed by atoms with Gasteiger partial charge in [0.25, 0.3) is 11.3 Å². The van der Waals surface area contributed by atoms with Gasteiger partial charge in [0.05, 0.1) is 5.56 Å². The first-order chi connectivity index (χ1) is 7.13. The van der Waals surface area contributed by atoms with Gasteiger partial charge in [-0.25, -0.2) is 0 Å². The van der Waals surface area contributed by atoms with E-state index in [0.29, 0.717) is 12.0 Å². The minimum absolute atomic E-state index is 0.146. The molecule has 0 bridgehead atoms. The van der Waals surface area contributed by atoms with Crippen molar-refractivity contribution in [1.29, 1.82) is 0 Å². The van der Waals surface area contributed by atoms with Crippen LogP contribution >= 0.6 is 0 Å². The molecule has 0 saturated carbocycles. The Bertz CT molecular complexity index is 554. The van der Waals surface area contributed by atoms with Crippen LogP contribution in [-0.2, 0) is 6.42 Å². The number of nitrogens with two attached hydrogens (primary N) is 2. The molecule has 0 aliphatic rings. The molecule has 0 saturated heterocycles. The summed E-state index contributed by atoms with van der Waals surface area (Å²) in [4.78, 5) is 19.7. The quantitative estimate of drug-likeness (QED) is 0.617. The van der Waals surface area contributed by atoms with Crippen LogP contribution in [0, 0.1) is 0 Å². The second-order valence-corrected chi connectivity index (χ2v) is 3.28. The zero-order valence-electron chi connectivity index (χ0n) is 8.32. The third-order valence-electron chi connectivity index (χ3n) is 2.14. The SMILES string of the molecule is CCCc1c(N)nc2nc(N)[nH]n2c1=O. The Morgan fingerprint density at radius 2 is 2.13 bits per heavy atom. The highest BCUT2D eigenvalue weighted by atomic mass is 16.1. The predicted molar refractivity (Wildman–Crippen MR) is 56.4 cm³/mol. The summed E-state index contributed by atoms with van der Waals surface area (Å²) in [6.45, 7) is 1.97. The summed E-state index contributed by atoms with van der Waals surface area (Å²) in [5, 5.41) is 2.61. The molecular formula is C8H12N6O. The van der Waals surface area contributed by atoms with Gasteiger partial charge in [-0.05, 0) is 6.42 Å². The van der Waals surface area contributed by atoms with Gasteiger partial charge in [0, 0.05) is 0 Å². The van der Waals surface area contributed by atoms with E-state index < -0.39 is 0 Å². The van der Waals surface area contributed by atoms with Crippen LogP contribution in [0.15, 0.2) is 4.79 Å². The second-order valence-electron chi connectivity index (χ2n) is 3.28. The van der Waals surface area contributed by atoms with Crippen LogP contribution in [0.4, 0.5) is 11.8 Å². The maximum atomic E-state index is 11.9. The van der Waals surface area contributed by atoms with Crippen LogP contribution in [0.25, 0.3) is 5.78 Å². The molecule has 0 aliphatic carbocycles. The van der Waals surface area contributed by atoms with Crippen LogP contribution in [-0.4, -0.2) is 19.6 Å². The summed E-state index contributed by atoms with van der Waals surface area (Å²) in [7, 11) is 0. The number of rotatable bonds is 2. The van der Waals surface area contributed by atoms with E-state index in [-0.39, 0.29) is 23.1 Å². The molecule has 2 aromatic heterocycles. The molecule has 0 fully saturated rings. The smallest absolute Gasteiger partial charge is 0.279 e. The van der Waals surface area contributed by atoms with E-state index in [1.165, 1.54) is 4.52 Å². The van der Waals surface area contributed by atoms with Crippen molar-refractivity contribution < 1.29 is 0 Å². The third kappa shape index (κ3) is 1.41. The number of H-pyrrole nitrogens is 1. The number of nitrogen functional groups attached to an aromatic ring is 2. The van der Waals surface area contributed by atoms with Crippen LogP contribution in [0.1, 0.15) is 18.9 Å². The van der Waals surface area contributed by atoms with Gasteiger partial charge in [0.15, 0.2) is 0 Å². The molecule has 7 heteroatoms. The summed E-state index contributed by atoms with van der Waals surface area (Å²) in [5.74, 6) is 0.579. The van der Waals surface area contributed by atoms with Crippen molar-refractivity contribution in [2.24, 2.45) is 0 Å². The predicted octanol–water partition coefficient (Wildman–Crippen LogP) is -0.465.